The first-order valence-electron chi connectivity index (χ1n) is 4.86. The van der Waals surface area contributed by atoms with Gasteiger partial charge in [-0.1, -0.05) is 44.0 Å². The van der Waals surface area contributed by atoms with Crippen LogP contribution in [-0.2, 0) is 12.8 Å². The van der Waals surface area contributed by atoms with Crippen LogP contribution in [0.3, 0.4) is 0 Å². The number of hydrogen-bond donors (Lipinski definition) is 0. The topological polar surface area (TPSA) is 0 Å². The highest BCUT2D eigenvalue weighted by atomic mass is 14.0. The Morgan fingerprint density at radius 3 is 2.42 bits per heavy atom. The third-order valence-corrected chi connectivity index (χ3v) is 2.26. The molecule has 0 nitrogen and oxygen atoms in total. The van der Waals surface area contributed by atoms with E-state index < -0.39 is 0 Å². The van der Waals surface area contributed by atoms with Crippen molar-refractivity contribution in [2.45, 2.75) is 40.0 Å². The zero-order valence-electron chi connectivity index (χ0n) is 8.35. The van der Waals surface area contributed by atoms with Gasteiger partial charge in [-0.15, -0.1) is 0 Å². The van der Waals surface area contributed by atoms with Crippen molar-refractivity contribution in [2.24, 2.45) is 0 Å². The van der Waals surface area contributed by atoms with Gasteiger partial charge in [-0.2, -0.15) is 0 Å². The van der Waals surface area contributed by atoms with E-state index in [1.807, 2.05) is 0 Å². The molecule has 0 heterocycles. The second-order valence-electron chi connectivity index (χ2n) is 3.38. The van der Waals surface area contributed by atoms with Gasteiger partial charge in [0.15, 0.2) is 0 Å². The molecule has 1 rings (SSSR count). The molecule has 0 bridgehead atoms. The minimum atomic E-state index is 1.16. The first-order chi connectivity index (χ1) is 5.77. The van der Waals surface area contributed by atoms with E-state index in [1.165, 1.54) is 29.5 Å². The van der Waals surface area contributed by atoms with Crippen LogP contribution in [0.15, 0.2) is 18.2 Å². The Bertz CT molecular complexity index is 248. The predicted octanol–water partition coefficient (Wildman–Crippen LogP) is 3.51. The maximum absolute atomic E-state index is 2.31. The quantitative estimate of drug-likeness (QED) is 0.638. The predicted molar refractivity (Wildman–Crippen MR) is 54.6 cm³/mol. The average molecular weight is 162 g/mol. The Hall–Kier alpha value is -0.780. The van der Waals surface area contributed by atoms with Crippen LogP contribution in [0.4, 0.5) is 0 Å². The summed E-state index contributed by atoms with van der Waals surface area (Å²) in [6.45, 7) is 6.63. The summed E-state index contributed by atoms with van der Waals surface area (Å²) in [7, 11) is 0. The van der Waals surface area contributed by atoms with Crippen LogP contribution in [0.25, 0.3) is 0 Å². The lowest BCUT2D eigenvalue weighted by molar-refractivity contribution is 0.898. The van der Waals surface area contributed by atoms with Crippen LogP contribution < -0.4 is 0 Å². The van der Waals surface area contributed by atoms with Gasteiger partial charge in [-0.3, -0.25) is 0 Å². The molecular weight excluding hydrogens is 144 g/mol. The lowest BCUT2D eigenvalue weighted by Gasteiger charge is -2.07. The molecule has 0 atom stereocenters. The summed E-state index contributed by atoms with van der Waals surface area (Å²) >= 11 is 0. The number of benzene rings is 1. The second kappa shape index (κ2) is 4.30. The molecule has 0 radical (unpaired) electrons. The van der Waals surface area contributed by atoms with Crippen molar-refractivity contribution in [3.8, 4) is 0 Å². The van der Waals surface area contributed by atoms with Gasteiger partial charge in [0.05, 0.1) is 0 Å². The van der Waals surface area contributed by atoms with Gasteiger partial charge in [0.1, 0.15) is 0 Å². The van der Waals surface area contributed by atoms with Crippen LogP contribution in [0.5, 0.6) is 0 Å². The highest BCUT2D eigenvalue weighted by Crippen LogP contribution is 2.13. The Balaban J connectivity index is 2.94. The van der Waals surface area contributed by atoms with Gasteiger partial charge in [0.2, 0.25) is 0 Å². The molecule has 0 fully saturated rings. The summed E-state index contributed by atoms with van der Waals surface area (Å²) in [5, 5.41) is 0. The molecule has 0 N–H and O–H groups in total. The van der Waals surface area contributed by atoms with Crippen molar-refractivity contribution in [3.05, 3.63) is 34.9 Å². The van der Waals surface area contributed by atoms with Crippen LogP contribution >= 0.6 is 0 Å². The van der Waals surface area contributed by atoms with E-state index in [0.717, 1.165) is 6.42 Å². The lowest BCUT2D eigenvalue weighted by atomic mass is 9.99. The first kappa shape index (κ1) is 9.31. The van der Waals surface area contributed by atoms with Crippen LogP contribution in [0, 0.1) is 6.92 Å². The SMILES string of the molecule is CCCc1ccc(C)cc1CC. The largest absolute Gasteiger partial charge is 0.0651 e. The maximum Gasteiger partial charge on any atom is -0.0279 e. The number of rotatable bonds is 3. The molecule has 0 aliphatic carbocycles. The highest BCUT2D eigenvalue weighted by Gasteiger charge is 1.98. The third kappa shape index (κ3) is 2.10. The van der Waals surface area contributed by atoms with Gasteiger partial charge in [-0.05, 0) is 30.9 Å². The molecule has 0 spiro atoms. The maximum atomic E-state index is 2.31. The fraction of sp³-hybridized carbons (Fsp3) is 0.500. The summed E-state index contributed by atoms with van der Waals surface area (Å²) in [6.07, 6.45) is 3.64. The molecule has 0 unspecified atom stereocenters. The minimum Gasteiger partial charge on any atom is -0.0651 e. The van der Waals surface area contributed by atoms with E-state index in [-0.39, 0.29) is 0 Å². The minimum absolute atomic E-state index is 1.16. The molecule has 12 heavy (non-hydrogen) atoms. The fourth-order valence-electron chi connectivity index (χ4n) is 1.60. The summed E-state index contributed by atoms with van der Waals surface area (Å²) < 4.78 is 0. The van der Waals surface area contributed by atoms with Crippen LogP contribution in [-0.4, -0.2) is 0 Å². The number of hydrogen-bond acceptors (Lipinski definition) is 0. The average Bonchev–Trinajstić information content (AvgIpc) is 2.08. The molecule has 0 aromatic heterocycles. The molecule has 0 saturated carbocycles. The lowest BCUT2D eigenvalue weighted by Crippen LogP contribution is -1.92. The normalized spacial score (nSPS) is 10.2. The zero-order chi connectivity index (χ0) is 8.97. The fourth-order valence-corrected chi connectivity index (χ4v) is 1.60. The van der Waals surface area contributed by atoms with E-state index in [2.05, 4.69) is 39.0 Å². The van der Waals surface area contributed by atoms with Gasteiger partial charge >= 0.3 is 0 Å². The molecule has 0 saturated heterocycles. The molecule has 66 valence electrons. The molecule has 1 aromatic rings. The second-order valence-corrected chi connectivity index (χ2v) is 3.38. The van der Waals surface area contributed by atoms with Crippen molar-refractivity contribution >= 4 is 0 Å². The molecular formula is C12H18. The summed E-state index contributed by atoms with van der Waals surface area (Å²) in [5.41, 5.74) is 4.44. The Morgan fingerprint density at radius 2 is 1.83 bits per heavy atom. The van der Waals surface area contributed by atoms with Crippen molar-refractivity contribution in [1.29, 1.82) is 0 Å². The van der Waals surface area contributed by atoms with Crippen molar-refractivity contribution < 1.29 is 0 Å². The molecule has 0 amide bonds. The van der Waals surface area contributed by atoms with E-state index in [1.54, 1.807) is 0 Å². The summed E-state index contributed by atoms with van der Waals surface area (Å²) in [6, 6.07) is 6.80. The van der Waals surface area contributed by atoms with Gasteiger partial charge in [0, 0.05) is 0 Å². The van der Waals surface area contributed by atoms with Gasteiger partial charge in [-0.25, -0.2) is 0 Å². The Morgan fingerprint density at radius 1 is 1.08 bits per heavy atom. The van der Waals surface area contributed by atoms with Crippen molar-refractivity contribution in [3.63, 3.8) is 0 Å². The molecule has 0 aliphatic rings. The smallest absolute Gasteiger partial charge is 0.0279 e. The monoisotopic (exact) mass is 162 g/mol. The Kier molecular flexibility index (Phi) is 3.33. The van der Waals surface area contributed by atoms with E-state index in [9.17, 15) is 0 Å². The molecule has 0 aliphatic heterocycles. The standard InChI is InChI=1S/C12H18/c1-4-6-12-8-7-10(3)9-11(12)5-2/h7-9H,4-6H2,1-3H3. The highest BCUT2D eigenvalue weighted by molar-refractivity contribution is 5.31. The third-order valence-electron chi connectivity index (χ3n) is 2.26. The van der Waals surface area contributed by atoms with Gasteiger partial charge in [0.25, 0.3) is 0 Å². The molecule has 0 heteroatoms. The van der Waals surface area contributed by atoms with Crippen molar-refractivity contribution in [2.75, 3.05) is 0 Å². The molecule has 1 aromatic carbocycles. The van der Waals surface area contributed by atoms with Crippen LogP contribution in [0.2, 0.25) is 0 Å². The van der Waals surface area contributed by atoms with Crippen molar-refractivity contribution in [1.82, 2.24) is 0 Å². The van der Waals surface area contributed by atoms with E-state index in [0.29, 0.717) is 0 Å². The Labute approximate surface area is 75.6 Å². The summed E-state index contributed by atoms with van der Waals surface area (Å²) in [4.78, 5) is 0. The summed E-state index contributed by atoms with van der Waals surface area (Å²) in [5.74, 6) is 0. The zero-order valence-corrected chi connectivity index (χ0v) is 8.35. The van der Waals surface area contributed by atoms with Gasteiger partial charge < -0.3 is 0 Å². The van der Waals surface area contributed by atoms with E-state index >= 15 is 0 Å². The van der Waals surface area contributed by atoms with Crippen LogP contribution in [0.1, 0.15) is 37.0 Å². The van der Waals surface area contributed by atoms with E-state index in [4.69, 9.17) is 0 Å². The first-order valence-corrected chi connectivity index (χ1v) is 4.86. The number of aryl methyl sites for hydroxylation is 3.